The van der Waals surface area contributed by atoms with Gasteiger partial charge in [-0.2, -0.15) is 0 Å². The second kappa shape index (κ2) is 7.68. The van der Waals surface area contributed by atoms with Crippen molar-refractivity contribution in [3.05, 3.63) is 57.8 Å². The van der Waals surface area contributed by atoms with E-state index in [-0.39, 0.29) is 0 Å². The van der Waals surface area contributed by atoms with E-state index in [1.54, 1.807) is 31.6 Å². The van der Waals surface area contributed by atoms with Crippen LogP contribution in [0, 0.1) is 0 Å². The number of nitrogens with two attached hydrogens (primary N) is 3. The molecule has 3 aromatic rings. The van der Waals surface area contributed by atoms with Gasteiger partial charge in [0.15, 0.2) is 0 Å². The van der Waals surface area contributed by atoms with E-state index in [0.29, 0.717) is 24.3 Å². The van der Waals surface area contributed by atoms with Crippen molar-refractivity contribution in [1.82, 2.24) is 0 Å². The SMILES string of the molecule is COc1cc(Cc2csc(CN)c2-c2cc(N)ccc2N)cc(OC)c1. The van der Waals surface area contributed by atoms with Crippen LogP contribution in [0.25, 0.3) is 11.1 Å². The van der Waals surface area contributed by atoms with E-state index in [1.807, 2.05) is 30.3 Å². The van der Waals surface area contributed by atoms with E-state index in [1.165, 1.54) is 0 Å². The molecule has 0 saturated heterocycles. The summed E-state index contributed by atoms with van der Waals surface area (Å²) >= 11 is 1.64. The number of anilines is 2. The van der Waals surface area contributed by atoms with Crippen molar-refractivity contribution >= 4 is 22.7 Å². The van der Waals surface area contributed by atoms with Crippen LogP contribution in [0.15, 0.2) is 41.8 Å². The Kier molecular flexibility index (Phi) is 5.35. The molecule has 0 aliphatic carbocycles. The molecule has 0 amide bonds. The summed E-state index contributed by atoms with van der Waals surface area (Å²) in [6, 6.07) is 11.4. The summed E-state index contributed by atoms with van der Waals surface area (Å²) in [6.45, 7) is 0.454. The lowest BCUT2D eigenvalue weighted by molar-refractivity contribution is 0.393. The number of hydrogen-bond donors (Lipinski definition) is 3. The molecule has 3 rings (SSSR count). The molecule has 0 unspecified atom stereocenters. The fourth-order valence-corrected chi connectivity index (χ4v) is 3.96. The summed E-state index contributed by atoms with van der Waals surface area (Å²) in [5.74, 6) is 1.53. The van der Waals surface area contributed by atoms with Crippen LogP contribution in [0.3, 0.4) is 0 Å². The summed E-state index contributed by atoms with van der Waals surface area (Å²) in [6.07, 6.45) is 0.716. The van der Waals surface area contributed by atoms with Gasteiger partial charge in [0.1, 0.15) is 11.5 Å². The third-order valence-electron chi connectivity index (χ3n) is 4.28. The highest BCUT2D eigenvalue weighted by Crippen LogP contribution is 2.38. The predicted molar refractivity (Wildman–Crippen MR) is 109 cm³/mol. The predicted octanol–water partition coefficient (Wildman–Crippen LogP) is 3.65. The number of hydrogen-bond acceptors (Lipinski definition) is 6. The van der Waals surface area contributed by atoms with E-state index >= 15 is 0 Å². The number of thiophene rings is 1. The van der Waals surface area contributed by atoms with Gasteiger partial charge in [-0.3, -0.25) is 0 Å². The Hall–Kier alpha value is -2.70. The zero-order valence-electron chi connectivity index (χ0n) is 14.9. The second-order valence-electron chi connectivity index (χ2n) is 6.01. The lowest BCUT2D eigenvalue weighted by Gasteiger charge is -2.12. The molecule has 0 saturated carbocycles. The number of methoxy groups -OCH3 is 2. The lowest BCUT2D eigenvalue weighted by atomic mass is 9.95. The monoisotopic (exact) mass is 369 g/mol. The van der Waals surface area contributed by atoms with E-state index < -0.39 is 0 Å². The number of nitrogen functional groups attached to an aromatic ring is 2. The maximum absolute atomic E-state index is 6.23. The highest BCUT2D eigenvalue weighted by atomic mass is 32.1. The fraction of sp³-hybridized carbons (Fsp3) is 0.200. The van der Waals surface area contributed by atoms with Crippen molar-refractivity contribution < 1.29 is 9.47 Å². The molecule has 136 valence electrons. The molecule has 6 N–H and O–H groups in total. The average Bonchev–Trinajstić information content (AvgIpc) is 3.05. The van der Waals surface area contributed by atoms with Crippen LogP contribution < -0.4 is 26.7 Å². The van der Waals surface area contributed by atoms with Crippen LogP contribution in [-0.4, -0.2) is 14.2 Å². The van der Waals surface area contributed by atoms with E-state index in [2.05, 4.69) is 5.38 Å². The molecule has 0 bridgehead atoms. The van der Waals surface area contributed by atoms with Crippen molar-refractivity contribution in [2.45, 2.75) is 13.0 Å². The van der Waals surface area contributed by atoms with Gasteiger partial charge in [0.2, 0.25) is 0 Å². The molecular formula is C20H23N3O2S. The lowest BCUT2D eigenvalue weighted by Crippen LogP contribution is -2.00. The van der Waals surface area contributed by atoms with Gasteiger partial charge in [-0.25, -0.2) is 0 Å². The first-order chi connectivity index (χ1) is 12.5. The maximum atomic E-state index is 6.23. The minimum absolute atomic E-state index is 0.454. The van der Waals surface area contributed by atoms with Crippen molar-refractivity contribution in [3.8, 4) is 22.6 Å². The standard InChI is InChI=1S/C20H23N3O2S/c1-24-15-6-12(7-16(9-15)25-2)5-13-11-26-19(10-21)20(13)17-8-14(22)3-4-18(17)23/h3-4,6-9,11H,5,10,21-23H2,1-2H3. The Balaban J connectivity index is 2.07. The van der Waals surface area contributed by atoms with Gasteiger partial charge in [-0.15, -0.1) is 11.3 Å². The second-order valence-corrected chi connectivity index (χ2v) is 6.97. The Labute approximate surface area is 157 Å². The van der Waals surface area contributed by atoms with Crippen molar-refractivity contribution in [1.29, 1.82) is 0 Å². The molecule has 1 heterocycles. The van der Waals surface area contributed by atoms with Crippen LogP contribution in [0.2, 0.25) is 0 Å². The zero-order chi connectivity index (χ0) is 18.7. The topological polar surface area (TPSA) is 96.5 Å². The molecule has 1 aromatic heterocycles. The summed E-state index contributed by atoms with van der Waals surface area (Å²) in [5.41, 5.74) is 23.8. The van der Waals surface area contributed by atoms with Gasteiger partial charge >= 0.3 is 0 Å². The van der Waals surface area contributed by atoms with Crippen LogP contribution in [0.4, 0.5) is 11.4 Å². The van der Waals surface area contributed by atoms with Crippen molar-refractivity contribution in [2.75, 3.05) is 25.7 Å². The third-order valence-corrected chi connectivity index (χ3v) is 5.34. The highest BCUT2D eigenvalue weighted by Gasteiger charge is 2.16. The Morgan fingerprint density at radius 1 is 0.962 bits per heavy atom. The molecule has 0 aliphatic heterocycles. The Bertz CT molecular complexity index is 899. The molecule has 2 aromatic carbocycles. The minimum Gasteiger partial charge on any atom is -0.497 e. The number of ether oxygens (including phenoxy) is 2. The van der Waals surface area contributed by atoms with E-state index in [9.17, 15) is 0 Å². The molecule has 26 heavy (non-hydrogen) atoms. The largest absolute Gasteiger partial charge is 0.497 e. The quantitative estimate of drug-likeness (QED) is 0.576. The van der Waals surface area contributed by atoms with Crippen LogP contribution in [0.1, 0.15) is 16.0 Å². The third kappa shape index (κ3) is 3.61. The summed E-state index contributed by atoms with van der Waals surface area (Å²) in [7, 11) is 3.29. The van der Waals surface area contributed by atoms with Gasteiger partial charge in [-0.05, 0) is 53.3 Å². The molecule has 0 aliphatic rings. The van der Waals surface area contributed by atoms with Crippen LogP contribution in [0.5, 0.6) is 11.5 Å². The summed E-state index contributed by atoms with van der Waals surface area (Å²) < 4.78 is 10.8. The molecule has 0 fully saturated rings. The van der Waals surface area contributed by atoms with Gasteiger partial charge in [-0.1, -0.05) is 0 Å². The first-order valence-electron chi connectivity index (χ1n) is 8.22. The molecule has 6 heteroatoms. The van der Waals surface area contributed by atoms with Crippen molar-refractivity contribution in [2.24, 2.45) is 5.73 Å². The number of benzene rings is 2. The number of rotatable bonds is 6. The molecular weight excluding hydrogens is 346 g/mol. The summed E-state index contributed by atoms with van der Waals surface area (Å²) in [4.78, 5) is 1.09. The molecule has 0 spiro atoms. The first kappa shape index (κ1) is 18.1. The average molecular weight is 369 g/mol. The molecule has 5 nitrogen and oxygen atoms in total. The van der Waals surface area contributed by atoms with Gasteiger partial charge in [0.25, 0.3) is 0 Å². The van der Waals surface area contributed by atoms with E-state index in [4.69, 9.17) is 26.7 Å². The summed E-state index contributed by atoms with van der Waals surface area (Å²) in [5, 5.41) is 2.13. The van der Waals surface area contributed by atoms with Gasteiger partial charge in [0, 0.05) is 40.0 Å². The fourth-order valence-electron chi connectivity index (χ4n) is 3.02. The Morgan fingerprint density at radius 2 is 1.65 bits per heavy atom. The minimum atomic E-state index is 0.454. The smallest absolute Gasteiger partial charge is 0.122 e. The van der Waals surface area contributed by atoms with Gasteiger partial charge in [0.05, 0.1) is 14.2 Å². The molecule has 0 atom stereocenters. The zero-order valence-corrected chi connectivity index (χ0v) is 15.7. The van der Waals surface area contributed by atoms with Crippen LogP contribution in [-0.2, 0) is 13.0 Å². The van der Waals surface area contributed by atoms with E-state index in [0.717, 1.165) is 38.6 Å². The van der Waals surface area contributed by atoms with Crippen LogP contribution >= 0.6 is 11.3 Å². The van der Waals surface area contributed by atoms with Crippen molar-refractivity contribution in [3.63, 3.8) is 0 Å². The van der Waals surface area contributed by atoms with Gasteiger partial charge < -0.3 is 26.7 Å². The Morgan fingerprint density at radius 3 is 2.27 bits per heavy atom. The maximum Gasteiger partial charge on any atom is 0.122 e. The first-order valence-corrected chi connectivity index (χ1v) is 9.10. The highest BCUT2D eigenvalue weighted by molar-refractivity contribution is 7.10. The normalized spacial score (nSPS) is 10.7. The molecule has 0 radical (unpaired) electrons.